The second kappa shape index (κ2) is 8.55. The van der Waals surface area contributed by atoms with Crippen molar-refractivity contribution in [2.75, 3.05) is 0 Å². The molecular formula is C22H38HgO4. The standard InChI is InChI=1S/2C11H19O2.Hg/c2*1-10(2,3)8(12)7-9(13)11(4,5)6;/h2*7H,1-6H3;. The first-order chi connectivity index (χ1) is 11.6. The second-order valence-electron chi connectivity index (χ2n) is 11.8. The molecule has 0 amide bonds. The number of rotatable bonds is 6. The van der Waals surface area contributed by atoms with Crippen LogP contribution in [-0.2, 0) is 43.8 Å². The van der Waals surface area contributed by atoms with Crippen LogP contribution in [0.15, 0.2) is 0 Å². The normalized spacial score (nSPS) is 13.6. The van der Waals surface area contributed by atoms with Gasteiger partial charge in [0.15, 0.2) is 0 Å². The maximum absolute atomic E-state index is 13.1. The van der Waals surface area contributed by atoms with Gasteiger partial charge in [0.1, 0.15) is 0 Å². The van der Waals surface area contributed by atoms with Gasteiger partial charge in [-0.15, -0.1) is 0 Å². The molecule has 0 saturated heterocycles. The topological polar surface area (TPSA) is 68.3 Å². The zero-order valence-corrected chi connectivity index (χ0v) is 25.0. The van der Waals surface area contributed by atoms with Gasteiger partial charge in [-0.25, -0.2) is 0 Å². The molecule has 152 valence electrons. The first kappa shape index (κ1) is 26.6. The van der Waals surface area contributed by atoms with Crippen LogP contribution in [-0.4, -0.2) is 23.1 Å². The molecule has 0 aliphatic carbocycles. The number of ketones is 4. The summed E-state index contributed by atoms with van der Waals surface area (Å²) in [6, 6.07) is 0. The summed E-state index contributed by atoms with van der Waals surface area (Å²) in [4.78, 5) is 52.6. The Balaban J connectivity index is 6.29. The molecule has 0 heterocycles. The molecule has 0 rings (SSSR count). The van der Waals surface area contributed by atoms with E-state index in [4.69, 9.17) is 0 Å². The van der Waals surface area contributed by atoms with Crippen molar-refractivity contribution in [2.24, 2.45) is 21.7 Å². The van der Waals surface area contributed by atoms with E-state index in [-0.39, 0.29) is 23.1 Å². The van der Waals surface area contributed by atoms with Crippen LogP contribution in [0.25, 0.3) is 0 Å². The van der Waals surface area contributed by atoms with E-state index in [2.05, 4.69) is 0 Å². The van der Waals surface area contributed by atoms with Crippen molar-refractivity contribution >= 4 is 23.1 Å². The molecule has 0 spiro atoms. The number of hydrogen-bond acceptors (Lipinski definition) is 4. The Labute approximate surface area is 178 Å². The molecule has 0 aromatic rings. The Morgan fingerprint density at radius 1 is 0.444 bits per heavy atom. The molecule has 5 heteroatoms. The van der Waals surface area contributed by atoms with Crippen LogP contribution in [0.3, 0.4) is 0 Å². The Morgan fingerprint density at radius 2 is 0.593 bits per heavy atom. The monoisotopic (exact) mass is 568 g/mol. The number of Topliss-reactive ketones (excluding diaryl/α,β-unsaturated/α-hetero) is 4. The van der Waals surface area contributed by atoms with Crippen LogP contribution in [0.5, 0.6) is 0 Å². The van der Waals surface area contributed by atoms with Crippen LogP contribution >= 0.6 is 0 Å². The van der Waals surface area contributed by atoms with Crippen molar-refractivity contribution in [2.45, 2.75) is 89.9 Å². The Morgan fingerprint density at radius 3 is 0.704 bits per heavy atom. The fourth-order valence-electron chi connectivity index (χ4n) is 2.99. The number of hydrogen-bond donors (Lipinski definition) is 0. The van der Waals surface area contributed by atoms with Gasteiger partial charge in [-0.2, -0.15) is 0 Å². The molecule has 27 heavy (non-hydrogen) atoms. The van der Waals surface area contributed by atoms with E-state index < -0.39 is 53.1 Å². The summed E-state index contributed by atoms with van der Waals surface area (Å²) in [5.41, 5.74) is -2.70. The average Bonchev–Trinajstić information content (AvgIpc) is 2.42. The van der Waals surface area contributed by atoms with Crippen molar-refractivity contribution < 1.29 is 43.8 Å². The van der Waals surface area contributed by atoms with E-state index in [1.165, 1.54) is 0 Å². The van der Waals surface area contributed by atoms with Crippen molar-refractivity contribution in [3.05, 3.63) is 0 Å². The molecule has 0 unspecified atom stereocenters. The molecule has 0 aliphatic rings. The van der Waals surface area contributed by atoms with Crippen molar-refractivity contribution in [1.82, 2.24) is 0 Å². The summed E-state index contributed by atoms with van der Waals surface area (Å²) in [6.07, 6.45) is 0. The first-order valence-electron chi connectivity index (χ1n) is 9.79. The number of carbonyl (C=O) groups is 4. The zero-order chi connectivity index (χ0) is 22.2. The minimum atomic E-state index is -2.64. The van der Waals surface area contributed by atoms with Crippen molar-refractivity contribution in [3.63, 3.8) is 0 Å². The summed E-state index contributed by atoms with van der Waals surface area (Å²) in [7, 11) is 0. The molecule has 0 N–H and O–H groups in total. The third kappa shape index (κ3) is 7.51. The van der Waals surface area contributed by atoms with Crippen LogP contribution in [0.1, 0.15) is 83.1 Å². The Hall–Kier alpha value is -0.385. The molecule has 0 aliphatic heterocycles. The van der Waals surface area contributed by atoms with Crippen LogP contribution in [0, 0.1) is 21.7 Å². The summed E-state index contributed by atoms with van der Waals surface area (Å²) in [5, 5.41) is 0. The molecule has 4 nitrogen and oxygen atoms in total. The van der Waals surface area contributed by atoms with Crippen LogP contribution in [0.4, 0.5) is 0 Å². The third-order valence-corrected chi connectivity index (χ3v) is 14.1. The molecular weight excluding hydrogens is 529 g/mol. The fourth-order valence-corrected chi connectivity index (χ4v) is 17.7. The van der Waals surface area contributed by atoms with E-state index in [1.807, 2.05) is 0 Å². The summed E-state index contributed by atoms with van der Waals surface area (Å²) in [6.45, 7) is 21.6. The predicted octanol–water partition coefficient (Wildman–Crippen LogP) is 5.11. The molecule has 0 radical (unpaired) electrons. The summed E-state index contributed by atoms with van der Waals surface area (Å²) in [5.74, 6) is -0.454. The predicted molar refractivity (Wildman–Crippen MR) is 105 cm³/mol. The Kier molecular flexibility index (Phi) is 8.42. The molecule has 0 fully saturated rings. The van der Waals surface area contributed by atoms with Crippen molar-refractivity contribution in [3.8, 4) is 0 Å². The van der Waals surface area contributed by atoms with Gasteiger partial charge < -0.3 is 0 Å². The summed E-state index contributed by atoms with van der Waals surface area (Å²) < 4.78 is -1.49. The molecule has 0 aromatic heterocycles. The van der Waals surface area contributed by atoms with E-state index in [9.17, 15) is 19.2 Å². The van der Waals surface area contributed by atoms with E-state index in [0.717, 1.165) is 0 Å². The molecule has 0 saturated carbocycles. The zero-order valence-electron chi connectivity index (χ0n) is 19.5. The summed E-state index contributed by atoms with van der Waals surface area (Å²) >= 11 is -2.64. The van der Waals surface area contributed by atoms with Gasteiger partial charge in [0, 0.05) is 0 Å². The van der Waals surface area contributed by atoms with Gasteiger partial charge in [0.2, 0.25) is 0 Å². The van der Waals surface area contributed by atoms with Gasteiger partial charge in [0.05, 0.1) is 0 Å². The molecule has 0 atom stereocenters. The Bertz CT molecular complexity index is 498. The first-order valence-corrected chi connectivity index (χ1v) is 16.1. The minimum absolute atomic E-state index is 0.113. The molecule has 0 bridgehead atoms. The van der Waals surface area contributed by atoms with E-state index in [1.54, 1.807) is 83.1 Å². The molecule has 0 aromatic carbocycles. The quantitative estimate of drug-likeness (QED) is 0.331. The van der Waals surface area contributed by atoms with Gasteiger partial charge in [0.25, 0.3) is 0 Å². The van der Waals surface area contributed by atoms with Gasteiger partial charge >= 0.3 is 178 Å². The maximum atomic E-state index is 13.1. The van der Waals surface area contributed by atoms with E-state index in [0.29, 0.717) is 0 Å². The van der Waals surface area contributed by atoms with Gasteiger partial charge in [-0.1, -0.05) is 0 Å². The fraction of sp³-hybridized carbons (Fsp3) is 0.818. The van der Waals surface area contributed by atoms with E-state index >= 15 is 0 Å². The van der Waals surface area contributed by atoms with Crippen LogP contribution in [0.2, 0.25) is 6.85 Å². The van der Waals surface area contributed by atoms with Crippen LogP contribution < -0.4 is 0 Å². The van der Waals surface area contributed by atoms with Crippen molar-refractivity contribution in [1.29, 1.82) is 0 Å². The number of carbonyl (C=O) groups excluding carboxylic acids is 4. The third-order valence-electron chi connectivity index (χ3n) is 4.69. The van der Waals surface area contributed by atoms with Gasteiger partial charge in [-0.3, -0.25) is 0 Å². The SMILES string of the molecule is CC(C)(C)C(=O)[CH]([Hg][CH](C(=O)C(C)(C)C)C(=O)C(C)(C)C)C(=O)C(C)(C)C. The second-order valence-corrected chi connectivity index (χ2v) is 20.0. The average molecular weight is 567 g/mol. The van der Waals surface area contributed by atoms with Gasteiger partial charge in [-0.05, 0) is 0 Å².